The van der Waals surface area contributed by atoms with Crippen molar-refractivity contribution in [2.45, 2.75) is 32.8 Å². The molecular formula is C22H27N5O4. The standard InChI is InChI=1S/C22H27N5O4/c1-13-11-17(31-16-7-9-27(10-8-16)14(2)28)4-5-18(13)25-22(30)26-19-12-15(21(23)24)3-6-20(19)29/h3-6,11-12,16,29H,7-10H2,1-2H3,(H3,23,24)(H2,25,26,30). The SMILES string of the molecule is CC(=O)N1CCC(Oc2ccc(NC(=O)Nc3cc(C(=N)N)ccc3O)c(C)c2)CC1. The molecule has 1 aliphatic heterocycles. The van der Waals surface area contributed by atoms with E-state index < -0.39 is 6.03 Å². The molecule has 3 amide bonds. The predicted octanol–water partition coefficient (Wildman–Crippen LogP) is 3.02. The average molecular weight is 425 g/mol. The molecule has 1 saturated heterocycles. The summed E-state index contributed by atoms with van der Waals surface area (Å²) < 4.78 is 6.04. The van der Waals surface area contributed by atoms with Gasteiger partial charge in [0.05, 0.1) is 5.69 Å². The maximum Gasteiger partial charge on any atom is 0.323 e. The van der Waals surface area contributed by atoms with Crippen molar-refractivity contribution in [1.29, 1.82) is 5.41 Å². The summed E-state index contributed by atoms with van der Waals surface area (Å²) in [5, 5.41) is 22.7. The number of rotatable bonds is 5. The molecule has 9 nitrogen and oxygen atoms in total. The summed E-state index contributed by atoms with van der Waals surface area (Å²) in [6.07, 6.45) is 1.61. The molecule has 2 aromatic carbocycles. The maximum atomic E-state index is 12.4. The van der Waals surface area contributed by atoms with E-state index in [0.29, 0.717) is 30.1 Å². The van der Waals surface area contributed by atoms with Crippen molar-refractivity contribution in [3.05, 3.63) is 47.5 Å². The minimum atomic E-state index is -0.538. The fourth-order valence-corrected chi connectivity index (χ4v) is 3.41. The highest BCUT2D eigenvalue weighted by Gasteiger charge is 2.22. The smallest absolute Gasteiger partial charge is 0.323 e. The molecule has 164 valence electrons. The molecule has 0 saturated carbocycles. The molecule has 0 unspecified atom stereocenters. The summed E-state index contributed by atoms with van der Waals surface area (Å²) in [4.78, 5) is 25.6. The third kappa shape index (κ3) is 5.65. The quantitative estimate of drug-likeness (QED) is 0.284. The number of hydrogen-bond donors (Lipinski definition) is 5. The summed E-state index contributed by atoms with van der Waals surface area (Å²) in [5.74, 6) is 0.499. The number of aryl methyl sites for hydroxylation is 1. The zero-order valence-electron chi connectivity index (χ0n) is 17.6. The zero-order valence-corrected chi connectivity index (χ0v) is 17.6. The summed E-state index contributed by atoms with van der Waals surface area (Å²) >= 11 is 0. The number of piperidine rings is 1. The van der Waals surface area contributed by atoms with Gasteiger partial charge in [0.15, 0.2) is 0 Å². The molecule has 3 rings (SSSR count). The van der Waals surface area contributed by atoms with E-state index in [1.807, 2.05) is 17.9 Å². The number of benzene rings is 2. The Kier molecular flexibility index (Phi) is 6.64. The summed E-state index contributed by atoms with van der Waals surface area (Å²) in [6.45, 7) is 4.81. The monoisotopic (exact) mass is 425 g/mol. The van der Waals surface area contributed by atoms with Crippen LogP contribution in [-0.4, -0.2) is 47.0 Å². The molecule has 1 aliphatic rings. The van der Waals surface area contributed by atoms with E-state index in [9.17, 15) is 14.7 Å². The number of ether oxygens (including phenoxy) is 1. The van der Waals surface area contributed by atoms with E-state index in [1.54, 1.807) is 19.1 Å². The molecule has 1 fully saturated rings. The predicted molar refractivity (Wildman–Crippen MR) is 119 cm³/mol. The van der Waals surface area contributed by atoms with E-state index in [2.05, 4.69) is 10.6 Å². The van der Waals surface area contributed by atoms with E-state index >= 15 is 0 Å². The van der Waals surface area contributed by atoms with Crippen LogP contribution in [0.25, 0.3) is 0 Å². The number of urea groups is 1. The minimum Gasteiger partial charge on any atom is -0.506 e. The van der Waals surface area contributed by atoms with Crippen LogP contribution in [0.3, 0.4) is 0 Å². The van der Waals surface area contributed by atoms with Gasteiger partial charge in [0, 0.05) is 44.1 Å². The van der Waals surface area contributed by atoms with Crippen molar-refractivity contribution in [2.75, 3.05) is 23.7 Å². The number of carbonyl (C=O) groups excluding carboxylic acids is 2. The molecule has 0 bridgehead atoms. The molecule has 2 aromatic rings. The first kappa shape index (κ1) is 21.9. The maximum absolute atomic E-state index is 12.4. The van der Waals surface area contributed by atoms with E-state index in [-0.39, 0.29) is 29.3 Å². The summed E-state index contributed by atoms with van der Waals surface area (Å²) in [7, 11) is 0. The second-order valence-corrected chi connectivity index (χ2v) is 7.52. The van der Waals surface area contributed by atoms with Gasteiger partial charge in [-0.1, -0.05) is 0 Å². The average Bonchev–Trinajstić information content (AvgIpc) is 2.72. The Balaban J connectivity index is 1.59. The molecule has 0 atom stereocenters. The van der Waals surface area contributed by atoms with Gasteiger partial charge < -0.3 is 31.1 Å². The number of phenolic OH excluding ortho intramolecular Hbond substituents is 1. The number of nitrogens with two attached hydrogens (primary N) is 1. The lowest BCUT2D eigenvalue weighted by Gasteiger charge is -2.31. The Morgan fingerprint density at radius 1 is 1.13 bits per heavy atom. The van der Waals surface area contributed by atoms with Gasteiger partial charge in [-0.25, -0.2) is 4.79 Å². The van der Waals surface area contributed by atoms with Crippen molar-refractivity contribution in [1.82, 2.24) is 4.90 Å². The largest absolute Gasteiger partial charge is 0.506 e. The van der Waals surface area contributed by atoms with Crippen LogP contribution >= 0.6 is 0 Å². The number of nitrogens with zero attached hydrogens (tertiary/aromatic N) is 1. The highest BCUT2D eigenvalue weighted by Crippen LogP contribution is 2.27. The van der Waals surface area contributed by atoms with Gasteiger partial charge >= 0.3 is 6.03 Å². The number of nitrogen functional groups attached to an aromatic ring is 1. The summed E-state index contributed by atoms with van der Waals surface area (Å²) in [6, 6.07) is 9.14. The lowest BCUT2D eigenvalue weighted by molar-refractivity contribution is -0.130. The molecule has 0 radical (unpaired) electrons. The number of amidine groups is 1. The Morgan fingerprint density at radius 3 is 2.42 bits per heavy atom. The third-order valence-corrected chi connectivity index (χ3v) is 5.19. The first-order valence-electron chi connectivity index (χ1n) is 10.0. The van der Waals surface area contributed by atoms with Crippen LogP contribution in [-0.2, 0) is 4.79 Å². The number of carbonyl (C=O) groups is 2. The van der Waals surface area contributed by atoms with Crippen molar-refractivity contribution in [3.63, 3.8) is 0 Å². The number of hydrogen-bond acceptors (Lipinski definition) is 5. The molecule has 9 heteroatoms. The van der Waals surface area contributed by atoms with Gasteiger partial charge in [-0.15, -0.1) is 0 Å². The first-order chi connectivity index (χ1) is 14.7. The molecule has 0 aromatic heterocycles. The van der Waals surface area contributed by atoms with Crippen molar-refractivity contribution in [3.8, 4) is 11.5 Å². The van der Waals surface area contributed by atoms with E-state index in [4.69, 9.17) is 15.9 Å². The molecule has 0 spiro atoms. The lowest BCUT2D eigenvalue weighted by Crippen LogP contribution is -2.40. The first-order valence-corrected chi connectivity index (χ1v) is 10.0. The van der Waals surface area contributed by atoms with Crippen molar-refractivity contribution < 1.29 is 19.4 Å². The highest BCUT2D eigenvalue weighted by atomic mass is 16.5. The van der Waals surface area contributed by atoms with Gasteiger partial charge in [0.2, 0.25) is 5.91 Å². The van der Waals surface area contributed by atoms with Crippen LogP contribution in [0.2, 0.25) is 0 Å². The van der Waals surface area contributed by atoms with Crippen molar-refractivity contribution in [2.24, 2.45) is 5.73 Å². The molecular weight excluding hydrogens is 398 g/mol. The van der Waals surface area contributed by atoms with E-state index in [1.165, 1.54) is 18.2 Å². The molecule has 31 heavy (non-hydrogen) atoms. The number of anilines is 2. The van der Waals surface area contributed by atoms with Crippen LogP contribution in [0.4, 0.5) is 16.2 Å². The Bertz CT molecular complexity index is 999. The van der Waals surface area contributed by atoms with Gasteiger partial charge in [-0.05, 0) is 48.9 Å². The topological polar surface area (TPSA) is 141 Å². The Hall–Kier alpha value is -3.75. The summed E-state index contributed by atoms with van der Waals surface area (Å²) in [5.41, 5.74) is 7.40. The number of nitrogens with one attached hydrogen (secondary N) is 3. The van der Waals surface area contributed by atoms with Crippen LogP contribution in [0, 0.1) is 12.3 Å². The Labute approximate surface area is 180 Å². The molecule has 0 aliphatic carbocycles. The third-order valence-electron chi connectivity index (χ3n) is 5.19. The van der Waals surface area contributed by atoms with E-state index in [0.717, 1.165) is 18.4 Å². The number of aromatic hydroxyl groups is 1. The molecule has 6 N–H and O–H groups in total. The Morgan fingerprint density at radius 2 is 1.81 bits per heavy atom. The van der Waals surface area contributed by atoms with Crippen LogP contribution < -0.4 is 21.1 Å². The van der Waals surface area contributed by atoms with Crippen LogP contribution in [0.5, 0.6) is 11.5 Å². The number of likely N-dealkylation sites (tertiary alicyclic amines) is 1. The second kappa shape index (κ2) is 9.38. The van der Waals surface area contributed by atoms with Gasteiger partial charge in [-0.3, -0.25) is 10.2 Å². The van der Waals surface area contributed by atoms with Gasteiger partial charge in [0.1, 0.15) is 23.4 Å². The van der Waals surface area contributed by atoms with Crippen LogP contribution in [0.15, 0.2) is 36.4 Å². The number of amides is 3. The van der Waals surface area contributed by atoms with Crippen LogP contribution in [0.1, 0.15) is 30.9 Å². The normalized spacial score (nSPS) is 14.1. The highest BCUT2D eigenvalue weighted by molar-refractivity contribution is 6.03. The molecule has 1 heterocycles. The van der Waals surface area contributed by atoms with Gasteiger partial charge in [0.25, 0.3) is 0 Å². The van der Waals surface area contributed by atoms with Gasteiger partial charge in [-0.2, -0.15) is 0 Å². The zero-order chi connectivity index (χ0) is 22.5. The fourth-order valence-electron chi connectivity index (χ4n) is 3.41. The van der Waals surface area contributed by atoms with Crippen molar-refractivity contribution >= 4 is 29.1 Å². The lowest BCUT2D eigenvalue weighted by atomic mass is 10.1. The second-order valence-electron chi connectivity index (χ2n) is 7.52. The minimum absolute atomic E-state index is 0.0497. The fraction of sp³-hybridized carbons (Fsp3) is 0.318. The number of phenols is 1.